The number of thioether (sulfide) groups is 1. The topological polar surface area (TPSA) is 42.2 Å². The Hall–Kier alpha value is -1.11. The summed E-state index contributed by atoms with van der Waals surface area (Å²) < 4.78 is 37.9. The van der Waals surface area contributed by atoms with Crippen molar-refractivity contribution in [3.63, 3.8) is 0 Å². The Labute approximate surface area is 108 Å². The standard InChI is InChI=1S/C11H14F3N3S/c1-7-6-18-3-2-17(7)9-4-10(11(12,13)14)16-5-8(9)15/h4-5,7H,2-3,6,15H2,1H3. The van der Waals surface area contributed by atoms with Crippen LogP contribution in [0.4, 0.5) is 24.5 Å². The Bertz CT molecular complexity index is 436. The zero-order chi connectivity index (χ0) is 13.3. The summed E-state index contributed by atoms with van der Waals surface area (Å²) in [4.78, 5) is 5.27. The molecule has 1 aliphatic rings. The number of anilines is 2. The van der Waals surface area contributed by atoms with Gasteiger partial charge in [0.25, 0.3) is 0 Å². The van der Waals surface area contributed by atoms with E-state index in [1.165, 1.54) is 0 Å². The molecule has 2 rings (SSSR count). The van der Waals surface area contributed by atoms with Gasteiger partial charge in [0.05, 0.1) is 17.6 Å². The lowest BCUT2D eigenvalue weighted by Gasteiger charge is -2.35. The highest BCUT2D eigenvalue weighted by atomic mass is 32.2. The van der Waals surface area contributed by atoms with Crippen molar-refractivity contribution in [2.24, 2.45) is 0 Å². The predicted octanol–water partition coefficient (Wildman–Crippen LogP) is 2.62. The van der Waals surface area contributed by atoms with Gasteiger partial charge in [-0.3, -0.25) is 0 Å². The van der Waals surface area contributed by atoms with E-state index >= 15 is 0 Å². The third-order valence-corrected chi connectivity index (χ3v) is 4.07. The lowest BCUT2D eigenvalue weighted by Crippen LogP contribution is -2.41. The van der Waals surface area contributed by atoms with E-state index in [1.807, 2.05) is 11.8 Å². The molecule has 1 saturated heterocycles. The van der Waals surface area contributed by atoms with Crippen molar-refractivity contribution in [1.82, 2.24) is 4.98 Å². The molecule has 1 unspecified atom stereocenters. The van der Waals surface area contributed by atoms with Crippen LogP contribution < -0.4 is 10.6 Å². The molecule has 1 fully saturated rings. The van der Waals surface area contributed by atoms with E-state index in [0.717, 1.165) is 23.8 Å². The van der Waals surface area contributed by atoms with Crippen LogP contribution in [-0.2, 0) is 6.18 Å². The van der Waals surface area contributed by atoms with Crippen LogP contribution in [0.15, 0.2) is 12.3 Å². The molecule has 1 aromatic rings. The average Bonchev–Trinajstić information content (AvgIpc) is 2.29. The number of halogens is 3. The molecular formula is C11H14F3N3S. The molecule has 1 aromatic heterocycles. The summed E-state index contributed by atoms with van der Waals surface area (Å²) >= 11 is 1.80. The number of nitrogens with zero attached hydrogens (tertiary/aromatic N) is 2. The van der Waals surface area contributed by atoms with Crippen LogP contribution in [0.5, 0.6) is 0 Å². The summed E-state index contributed by atoms with van der Waals surface area (Å²) in [5.74, 6) is 1.79. The molecule has 0 bridgehead atoms. The normalized spacial score (nSPS) is 21.1. The minimum atomic E-state index is -4.43. The fraction of sp³-hybridized carbons (Fsp3) is 0.545. The third kappa shape index (κ3) is 2.66. The van der Waals surface area contributed by atoms with Gasteiger partial charge in [0.15, 0.2) is 0 Å². The van der Waals surface area contributed by atoms with Crippen LogP contribution >= 0.6 is 11.8 Å². The van der Waals surface area contributed by atoms with E-state index in [-0.39, 0.29) is 6.04 Å². The lowest BCUT2D eigenvalue weighted by atomic mass is 10.2. The summed E-state index contributed by atoms with van der Waals surface area (Å²) in [6.45, 7) is 2.69. The van der Waals surface area contributed by atoms with Gasteiger partial charge < -0.3 is 10.6 Å². The van der Waals surface area contributed by atoms with Crippen molar-refractivity contribution in [1.29, 1.82) is 0 Å². The van der Waals surface area contributed by atoms with Gasteiger partial charge in [0.1, 0.15) is 5.69 Å². The third-order valence-electron chi connectivity index (χ3n) is 2.88. The highest BCUT2D eigenvalue weighted by molar-refractivity contribution is 7.99. The molecule has 0 amide bonds. The number of nitrogens with two attached hydrogens (primary N) is 1. The largest absolute Gasteiger partial charge is 0.433 e. The maximum Gasteiger partial charge on any atom is 0.433 e. The molecule has 0 radical (unpaired) electrons. The maximum atomic E-state index is 12.6. The second-order valence-corrected chi connectivity index (χ2v) is 5.39. The molecule has 2 N–H and O–H groups in total. The fourth-order valence-electron chi connectivity index (χ4n) is 1.94. The molecule has 0 spiro atoms. The average molecular weight is 277 g/mol. The second-order valence-electron chi connectivity index (χ2n) is 4.24. The van der Waals surface area contributed by atoms with Crippen molar-refractivity contribution in [2.45, 2.75) is 19.1 Å². The maximum absolute atomic E-state index is 12.6. The van der Waals surface area contributed by atoms with Gasteiger partial charge in [0.2, 0.25) is 0 Å². The lowest BCUT2D eigenvalue weighted by molar-refractivity contribution is -0.141. The Morgan fingerprint density at radius 2 is 2.22 bits per heavy atom. The van der Waals surface area contributed by atoms with Crippen molar-refractivity contribution in [3.8, 4) is 0 Å². The number of alkyl halides is 3. The van der Waals surface area contributed by atoms with Crippen molar-refractivity contribution < 1.29 is 13.2 Å². The second kappa shape index (κ2) is 4.87. The zero-order valence-corrected chi connectivity index (χ0v) is 10.7. The zero-order valence-electron chi connectivity index (χ0n) is 9.87. The van der Waals surface area contributed by atoms with Gasteiger partial charge >= 0.3 is 6.18 Å². The fourth-order valence-corrected chi connectivity index (χ4v) is 2.96. The summed E-state index contributed by atoms with van der Waals surface area (Å²) in [7, 11) is 0. The van der Waals surface area contributed by atoms with E-state index in [2.05, 4.69) is 4.98 Å². The van der Waals surface area contributed by atoms with Crippen LogP contribution in [0, 0.1) is 0 Å². The first-order valence-electron chi connectivity index (χ1n) is 5.56. The van der Waals surface area contributed by atoms with Crippen molar-refractivity contribution in [2.75, 3.05) is 28.7 Å². The molecule has 0 saturated carbocycles. The van der Waals surface area contributed by atoms with Crippen LogP contribution in [0.2, 0.25) is 0 Å². The molecule has 0 aliphatic carbocycles. The quantitative estimate of drug-likeness (QED) is 0.857. The van der Waals surface area contributed by atoms with Crippen molar-refractivity contribution >= 4 is 23.1 Å². The highest BCUT2D eigenvalue weighted by Gasteiger charge is 2.34. The number of rotatable bonds is 1. The number of nitrogen functional groups attached to an aromatic ring is 1. The first-order valence-corrected chi connectivity index (χ1v) is 6.72. The van der Waals surface area contributed by atoms with Gasteiger partial charge in [-0.05, 0) is 13.0 Å². The minimum Gasteiger partial charge on any atom is -0.396 e. The molecule has 0 aromatic carbocycles. The van der Waals surface area contributed by atoms with E-state index in [4.69, 9.17) is 5.73 Å². The smallest absolute Gasteiger partial charge is 0.396 e. The van der Waals surface area contributed by atoms with Crippen LogP contribution in [-0.4, -0.2) is 29.1 Å². The summed E-state index contributed by atoms with van der Waals surface area (Å²) in [5, 5.41) is 0. The highest BCUT2D eigenvalue weighted by Crippen LogP contribution is 2.34. The first-order chi connectivity index (χ1) is 8.39. The molecule has 1 atom stereocenters. The van der Waals surface area contributed by atoms with E-state index in [9.17, 15) is 13.2 Å². The Balaban J connectivity index is 2.37. The molecule has 1 aliphatic heterocycles. The van der Waals surface area contributed by atoms with Crippen molar-refractivity contribution in [3.05, 3.63) is 18.0 Å². The summed E-state index contributed by atoms with van der Waals surface area (Å²) in [5.41, 5.74) is 5.58. The molecule has 100 valence electrons. The molecule has 18 heavy (non-hydrogen) atoms. The first kappa shape index (κ1) is 13.3. The SMILES string of the molecule is CC1CSCCN1c1cc(C(F)(F)F)ncc1N. The van der Waals surface area contributed by atoms with Crippen LogP contribution in [0.1, 0.15) is 12.6 Å². The molecule has 7 heteroatoms. The van der Waals surface area contributed by atoms with Gasteiger partial charge in [0, 0.05) is 24.1 Å². The molecule has 2 heterocycles. The minimum absolute atomic E-state index is 0.175. The molecule has 3 nitrogen and oxygen atoms in total. The van der Waals surface area contributed by atoms with Gasteiger partial charge in [-0.1, -0.05) is 0 Å². The number of hydrogen-bond donors (Lipinski definition) is 1. The monoisotopic (exact) mass is 277 g/mol. The number of hydrogen-bond acceptors (Lipinski definition) is 4. The number of aromatic nitrogens is 1. The van der Waals surface area contributed by atoms with E-state index in [1.54, 1.807) is 11.8 Å². The summed E-state index contributed by atoms with van der Waals surface area (Å²) in [6, 6.07) is 1.22. The Morgan fingerprint density at radius 3 is 2.83 bits per heavy atom. The Morgan fingerprint density at radius 1 is 1.50 bits per heavy atom. The number of pyridine rings is 1. The Kier molecular flexibility index (Phi) is 3.61. The summed E-state index contributed by atoms with van der Waals surface area (Å²) in [6.07, 6.45) is -3.34. The van der Waals surface area contributed by atoms with Gasteiger partial charge in [-0.2, -0.15) is 24.9 Å². The predicted molar refractivity (Wildman–Crippen MR) is 67.8 cm³/mol. The van der Waals surface area contributed by atoms with Crippen LogP contribution in [0.25, 0.3) is 0 Å². The van der Waals surface area contributed by atoms with Crippen LogP contribution in [0.3, 0.4) is 0 Å². The van der Waals surface area contributed by atoms with E-state index < -0.39 is 11.9 Å². The van der Waals surface area contributed by atoms with Gasteiger partial charge in [-0.25, -0.2) is 4.98 Å². The molecular weight excluding hydrogens is 263 g/mol. The van der Waals surface area contributed by atoms with E-state index in [0.29, 0.717) is 17.9 Å². The van der Waals surface area contributed by atoms with Gasteiger partial charge in [-0.15, -0.1) is 0 Å².